The molecule has 5 nitrogen and oxygen atoms in total. The van der Waals surface area contributed by atoms with Crippen molar-refractivity contribution in [2.24, 2.45) is 0 Å². The van der Waals surface area contributed by atoms with Gasteiger partial charge in [-0.3, -0.25) is 15.6 Å². The zero-order valence-electron chi connectivity index (χ0n) is 15.6. The quantitative estimate of drug-likeness (QED) is 0.512. The van der Waals surface area contributed by atoms with Crippen molar-refractivity contribution >= 4 is 34.8 Å². The molecule has 0 saturated heterocycles. The number of amides is 1. The van der Waals surface area contributed by atoms with E-state index >= 15 is 0 Å². The molecule has 2 aliphatic carbocycles. The molecule has 2 aromatic carbocycles. The van der Waals surface area contributed by atoms with Gasteiger partial charge in [0.25, 0.3) is 5.91 Å². The Morgan fingerprint density at radius 1 is 1.10 bits per heavy atom. The predicted octanol–water partition coefficient (Wildman–Crippen LogP) is 5.58. The van der Waals surface area contributed by atoms with Crippen LogP contribution < -0.4 is 10.9 Å². The largest absolute Gasteiger partial charge is 0.295 e. The fourth-order valence-corrected chi connectivity index (χ4v) is 5.00. The van der Waals surface area contributed by atoms with Crippen LogP contribution in [-0.2, 0) is 0 Å². The van der Waals surface area contributed by atoms with Crippen molar-refractivity contribution in [1.29, 1.82) is 0 Å². The number of nitrogens with one attached hydrogen (secondary N) is 2. The number of benzene rings is 2. The van der Waals surface area contributed by atoms with E-state index in [4.69, 9.17) is 23.2 Å². The molecule has 2 N–H and O–H groups in total. The molecule has 0 unspecified atom stereocenters. The van der Waals surface area contributed by atoms with Gasteiger partial charge in [0.2, 0.25) is 0 Å². The predicted molar refractivity (Wildman–Crippen MR) is 110 cm³/mol. The number of aromatic nitrogens is 2. The molecule has 0 aliphatic heterocycles. The lowest BCUT2D eigenvalue weighted by Gasteiger charge is -2.15. The molecule has 1 aromatic heterocycles. The first kappa shape index (κ1) is 19.3. The van der Waals surface area contributed by atoms with Gasteiger partial charge >= 0.3 is 0 Å². The highest BCUT2D eigenvalue weighted by Gasteiger charge is 2.44. The topological polar surface area (TPSA) is 59.0 Å². The van der Waals surface area contributed by atoms with Crippen LogP contribution in [0.3, 0.4) is 0 Å². The second kappa shape index (κ2) is 7.25. The Hall–Kier alpha value is -2.64. The molecule has 0 radical (unpaired) electrons. The van der Waals surface area contributed by atoms with Crippen LogP contribution in [-0.4, -0.2) is 15.7 Å². The Labute approximate surface area is 180 Å². The summed E-state index contributed by atoms with van der Waals surface area (Å²) in [6.07, 6.45) is 3.01. The molecule has 3 aromatic rings. The molecule has 1 saturated carbocycles. The Kier molecular flexibility index (Phi) is 4.67. The third kappa shape index (κ3) is 3.13. The summed E-state index contributed by atoms with van der Waals surface area (Å²) in [4.78, 5) is 12.9. The minimum atomic E-state index is -0.807. The van der Waals surface area contributed by atoms with Crippen molar-refractivity contribution in [2.75, 3.05) is 5.43 Å². The van der Waals surface area contributed by atoms with Crippen molar-refractivity contribution in [1.82, 2.24) is 15.2 Å². The number of carbonyl (C=O) groups is 1. The van der Waals surface area contributed by atoms with Crippen molar-refractivity contribution in [3.05, 3.63) is 75.0 Å². The lowest BCUT2D eigenvalue weighted by molar-refractivity contribution is 0.0956. The van der Waals surface area contributed by atoms with E-state index in [1.54, 1.807) is 22.9 Å². The molecule has 1 heterocycles. The highest BCUT2D eigenvalue weighted by atomic mass is 35.5. The minimum Gasteiger partial charge on any atom is -0.295 e. The van der Waals surface area contributed by atoms with Crippen LogP contribution in [0.4, 0.5) is 14.5 Å². The molecular formula is C21H16Cl2F2N4O. The van der Waals surface area contributed by atoms with Crippen LogP contribution in [0.5, 0.6) is 0 Å². The summed E-state index contributed by atoms with van der Waals surface area (Å²) in [5.41, 5.74) is 7.78. The van der Waals surface area contributed by atoms with Gasteiger partial charge in [-0.15, -0.1) is 0 Å². The third-order valence-corrected chi connectivity index (χ3v) is 6.32. The van der Waals surface area contributed by atoms with E-state index in [9.17, 15) is 13.6 Å². The molecule has 154 valence electrons. The maximum atomic E-state index is 13.8. The molecular weight excluding hydrogens is 433 g/mol. The summed E-state index contributed by atoms with van der Waals surface area (Å²) in [6, 6.07) is 8.19. The third-order valence-electron chi connectivity index (χ3n) is 5.78. The number of hydrazine groups is 1. The van der Waals surface area contributed by atoms with E-state index in [0.717, 1.165) is 42.7 Å². The number of fused-ring (bicyclic) bond motifs is 5. The molecule has 2 atom stereocenters. The van der Waals surface area contributed by atoms with E-state index in [2.05, 4.69) is 16.0 Å². The van der Waals surface area contributed by atoms with Gasteiger partial charge in [0.1, 0.15) is 5.82 Å². The molecule has 0 spiro atoms. The molecule has 2 bridgehead atoms. The summed E-state index contributed by atoms with van der Waals surface area (Å²) in [6.45, 7) is 0. The molecule has 2 aliphatic rings. The van der Waals surface area contributed by atoms with Gasteiger partial charge in [-0.2, -0.15) is 5.10 Å². The Morgan fingerprint density at radius 2 is 1.90 bits per heavy atom. The summed E-state index contributed by atoms with van der Waals surface area (Å²) in [5, 5.41) is 5.52. The lowest BCUT2D eigenvalue weighted by atomic mass is 9.95. The highest BCUT2D eigenvalue weighted by molar-refractivity contribution is 6.35. The zero-order chi connectivity index (χ0) is 21.0. The number of halogens is 4. The van der Waals surface area contributed by atoms with Gasteiger partial charge in [-0.05, 0) is 55.5 Å². The molecule has 1 amide bonds. The summed E-state index contributed by atoms with van der Waals surface area (Å²) in [7, 11) is 0. The zero-order valence-corrected chi connectivity index (χ0v) is 17.1. The monoisotopic (exact) mass is 448 g/mol. The van der Waals surface area contributed by atoms with E-state index in [0.29, 0.717) is 21.7 Å². The lowest BCUT2D eigenvalue weighted by Crippen LogP contribution is -2.31. The van der Waals surface area contributed by atoms with E-state index in [1.165, 1.54) is 6.07 Å². The standard InChI is InChI=1S/C21H16Cl2F2N4O/c22-12-3-6-17(14(23)8-12)29-20-11-2-1-10(7-11)18(20)19(28-29)21(30)27-26-16-5-4-13(24)9-15(16)25/h3-6,8-11,26H,1-2,7H2,(H,27,30)/t10-,11-/m0/s1. The molecule has 9 heteroatoms. The first-order valence-corrected chi connectivity index (χ1v) is 10.3. The normalized spacial score (nSPS) is 19.1. The average Bonchev–Trinajstić information content (AvgIpc) is 3.40. The SMILES string of the molecule is O=C(NNc1ccc(F)cc1F)c1nn(-c2ccc(Cl)cc2Cl)c2c1[C@H]1CC[C@H]2C1. The number of hydrogen-bond donors (Lipinski definition) is 2. The number of rotatable bonds is 4. The van der Waals surface area contributed by atoms with Gasteiger partial charge in [0.15, 0.2) is 11.5 Å². The smallest absolute Gasteiger partial charge is 0.290 e. The maximum Gasteiger partial charge on any atom is 0.290 e. The van der Waals surface area contributed by atoms with Gasteiger partial charge in [-0.1, -0.05) is 23.2 Å². The van der Waals surface area contributed by atoms with Crippen LogP contribution in [0.25, 0.3) is 5.69 Å². The van der Waals surface area contributed by atoms with Crippen molar-refractivity contribution in [3.8, 4) is 5.69 Å². The highest BCUT2D eigenvalue weighted by Crippen LogP contribution is 2.54. The Balaban J connectivity index is 1.50. The number of hydrogen-bond acceptors (Lipinski definition) is 3. The van der Waals surface area contributed by atoms with Crippen molar-refractivity contribution < 1.29 is 13.6 Å². The second-order valence-electron chi connectivity index (χ2n) is 7.57. The number of nitrogens with zero attached hydrogens (tertiary/aromatic N) is 2. The average molecular weight is 449 g/mol. The van der Waals surface area contributed by atoms with Gasteiger partial charge in [-0.25, -0.2) is 13.5 Å². The van der Waals surface area contributed by atoms with Crippen LogP contribution in [0.15, 0.2) is 36.4 Å². The van der Waals surface area contributed by atoms with E-state index in [-0.39, 0.29) is 17.3 Å². The van der Waals surface area contributed by atoms with Crippen LogP contribution in [0.2, 0.25) is 10.0 Å². The van der Waals surface area contributed by atoms with Crippen LogP contribution in [0, 0.1) is 11.6 Å². The summed E-state index contributed by atoms with van der Waals surface area (Å²) < 4.78 is 28.7. The van der Waals surface area contributed by atoms with Crippen molar-refractivity contribution in [2.45, 2.75) is 31.1 Å². The fourth-order valence-electron chi connectivity index (χ4n) is 4.51. The summed E-state index contributed by atoms with van der Waals surface area (Å²) in [5.74, 6) is -1.43. The molecule has 1 fully saturated rings. The maximum absolute atomic E-state index is 13.8. The number of anilines is 1. The summed E-state index contributed by atoms with van der Waals surface area (Å²) >= 11 is 12.4. The van der Waals surface area contributed by atoms with Gasteiger partial charge in [0, 0.05) is 22.6 Å². The fraction of sp³-hybridized carbons (Fsp3) is 0.238. The van der Waals surface area contributed by atoms with Crippen LogP contribution in [0.1, 0.15) is 52.8 Å². The molecule has 30 heavy (non-hydrogen) atoms. The Morgan fingerprint density at radius 3 is 2.67 bits per heavy atom. The first-order chi connectivity index (χ1) is 14.4. The van der Waals surface area contributed by atoms with Crippen LogP contribution >= 0.6 is 23.2 Å². The van der Waals surface area contributed by atoms with Gasteiger partial charge < -0.3 is 0 Å². The van der Waals surface area contributed by atoms with E-state index < -0.39 is 17.5 Å². The number of carbonyl (C=O) groups excluding carboxylic acids is 1. The Bertz CT molecular complexity index is 1180. The first-order valence-electron chi connectivity index (χ1n) is 9.52. The molecule has 5 rings (SSSR count). The second-order valence-corrected chi connectivity index (χ2v) is 8.41. The van der Waals surface area contributed by atoms with Crippen molar-refractivity contribution in [3.63, 3.8) is 0 Å². The van der Waals surface area contributed by atoms with E-state index in [1.807, 2.05) is 0 Å². The van der Waals surface area contributed by atoms with Gasteiger partial charge in [0.05, 0.1) is 22.1 Å². The minimum absolute atomic E-state index is 0.0388.